The van der Waals surface area contributed by atoms with Gasteiger partial charge in [0.25, 0.3) is 0 Å². The van der Waals surface area contributed by atoms with Crippen LogP contribution in [0.25, 0.3) is 0 Å². The Hall–Kier alpha value is -1.81. The van der Waals surface area contributed by atoms with Crippen molar-refractivity contribution < 1.29 is 24.3 Å². The minimum atomic E-state index is -1.12. The van der Waals surface area contributed by atoms with Crippen LogP contribution in [0.5, 0.6) is 0 Å². The van der Waals surface area contributed by atoms with E-state index in [1.807, 2.05) is 13.2 Å². The van der Waals surface area contributed by atoms with Crippen LogP contribution in [0.3, 0.4) is 0 Å². The largest absolute Gasteiger partial charge is 0.480 e. The number of carbonyl (C=O) groups is 4. The Bertz CT molecular complexity index is 475. The van der Waals surface area contributed by atoms with Gasteiger partial charge in [-0.25, -0.2) is 4.79 Å². The molecule has 0 rings (SSSR count). The lowest BCUT2D eigenvalue weighted by atomic mass is 9.99. The van der Waals surface area contributed by atoms with Gasteiger partial charge in [-0.3, -0.25) is 14.4 Å². The summed E-state index contributed by atoms with van der Waals surface area (Å²) in [6.45, 7) is 3.03. The highest BCUT2D eigenvalue weighted by molar-refractivity contribution is 7.98. The normalized spacial score (nSPS) is 14.1. The summed E-state index contributed by atoms with van der Waals surface area (Å²) >= 11 is 1.50. The molecule has 3 atom stereocenters. The van der Waals surface area contributed by atoms with Crippen molar-refractivity contribution in [3.8, 4) is 0 Å². The minimum Gasteiger partial charge on any atom is -0.480 e. The predicted octanol–water partition coefficient (Wildman–Crippen LogP) is -1.09. The van der Waals surface area contributed by atoms with Crippen LogP contribution in [0.2, 0.25) is 0 Å². The fourth-order valence-corrected chi connectivity index (χ4v) is 2.41. The van der Waals surface area contributed by atoms with Crippen LogP contribution in [-0.4, -0.2) is 66.0 Å². The summed E-state index contributed by atoms with van der Waals surface area (Å²) in [4.78, 5) is 46.7. The molecule has 0 fully saturated rings. The number of aliphatic carboxylic acids is 1. The first-order valence-electron chi connectivity index (χ1n) is 8.04. The van der Waals surface area contributed by atoms with Crippen LogP contribution in [0.4, 0.5) is 0 Å². The number of carboxylic acids is 1. The van der Waals surface area contributed by atoms with Crippen molar-refractivity contribution in [2.75, 3.05) is 25.1 Å². The zero-order chi connectivity index (χ0) is 19.4. The first-order chi connectivity index (χ1) is 11.8. The number of carbonyl (C=O) groups excluding carboxylic acids is 3. The van der Waals surface area contributed by atoms with Gasteiger partial charge in [-0.15, -0.1) is 0 Å². The number of thioether (sulfide) groups is 1. The molecule has 144 valence electrons. The summed E-state index contributed by atoms with van der Waals surface area (Å²) in [5.74, 6) is -2.34. The SMILES string of the molecule is CCC(C)C(NC(=O)C(CCSC)NC(=O)CNC(=O)CN)C(=O)O. The van der Waals surface area contributed by atoms with Crippen LogP contribution < -0.4 is 21.7 Å². The van der Waals surface area contributed by atoms with E-state index in [1.54, 1.807) is 6.92 Å². The summed E-state index contributed by atoms with van der Waals surface area (Å²) in [5.41, 5.74) is 5.13. The molecule has 0 aliphatic carbocycles. The molecule has 25 heavy (non-hydrogen) atoms. The highest BCUT2D eigenvalue weighted by atomic mass is 32.2. The van der Waals surface area contributed by atoms with E-state index in [2.05, 4.69) is 16.0 Å². The minimum absolute atomic E-state index is 0.237. The summed E-state index contributed by atoms with van der Waals surface area (Å²) in [5, 5.41) is 16.6. The van der Waals surface area contributed by atoms with Crippen LogP contribution in [0.15, 0.2) is 0 Å². The van der Waals surface area contributed by atoms with E-state index in [1.165, 1.54) is 11.8 Å². The van der Waals surface area contributed by atoms with E-state index in [4.69, 9.17) is 5.73 Å². The van der Waals surface area contributed by atoms with Gasteiger partial charge in [0, 0.05) is 0 Å². The molecule has 0 spiro atoms. The molecule has 0 aliphatic heterocycles. The van der Waals surface area contributed by atoms with Crippen molar-refractivity contribution >= 4 is 35.5 Å². The second-order valence-corrected chi connectivity index (χ2v) is 6.58. The highest BCUT2D eigenvalue weighted by Crippen LogP contribution is 2.09. The number of amides is 3. The quantitative estimate of drug-likeness (QED) is 0.290. The highest BCUT2D eigenvalue weighted by Gasteiger charge is 2.29. The van der Waals surface area contributed by atoms with E-state index < -0.39 is 35.8 Å². The molecular formula is C15H28N4O5S. The van der Waals surface area contributed by atoms with Gasteiger partial charge in [0.05, 0.1) is 13.1 Å². The Kier molecular flexibility index (Phi) is 11.6. The zero-order valence-corrected chi connectivity index (χ0v) is 15.6. The molecule has 0 aromatic heterocycles. The van der Waals surface area contributed by atoms with Crippen molar-refractivity contribution in [1.29, 1.82) is 0 Å². The summed E-state index contributed by atoms with van der Waals surface area (Å²) in [6.07, 6.45) is 2.79. The van der Waals surface area contributed by atoms with E-state index in [9.17, 15) is 24.3 Å². The molecule has 0 saturated carbocycles. The molecule has 0 aromatic rings. The molecule has 9 nitrogen and oxygen atoms in total. The van der Waals surface area contributed by atoms with Crippen molar-refractivity contribution in [2.24, 2.45) is 11.7 Å². The second kappa shape index (κ2) is 12.5. The zero-order valence-electron chi connectivity index (χ0n) is 14.8. The van der Waals surface area contributed by atoms with Crippen LogP contribution >= 0.6 is 11.8 Å². The molecule has 0 bridgehead atoms. The summed E-state index contributed by atoms with van der Waals surface area (Å²) in [6, 6.07) is -1.90. The molecule has 0 aromatic carbocycles. The first-order valence-corrected chi connectivity index (χ1v) is 9.44. The summed E-state index contributed by atoms with van der Waals surface area (Å²) in [7, 11) is 0. The third kappa shape index (κ3) is 9.30. The summed E-state index contributed by atoms with van der Waals surface area (Å²) < 4.78 is 0. The Morgan fingerprint density at radius 3 is 2.28 bits per heavy atom. The van der Waals surface area contributed by atoms with Gasteiger partial charge >= 0.3 is 5.97 Å². The van der Waals surface area contributed by atoms with Crippen LogP contribution in [0, 0.1) is 5.92 Å². The molecule has 0 heterocycles. The molecule has 0 radical (unpaired) electrons. The second-order valence-electron chi connectivity index (χ2n) is 5.59. The molecule has 0 saturated heterocycles. The standard InChI is InChI=1S/C15H28N4O5S/c1-4-9(2)13(15(23)24)19-14(22)10(5-6-25-3)18-12(21)8-17-11(20)7-16/h9-10,13H,4-8,16H2,1-3H3,(H,17,20)(H,18,21)(H,19,22)(H,23,24). The lowest BCUT2D eigenvalue weighted by molar-refractivity contribution is -0.143. The maximum absolute atomic E-state index is 12.4. The van der Waals surface area contributed by atoms with Gasteiger partial charge in [0.1, 0.15) is 12.1 Å². The average molecular weight is 376 g/mol. The van der Waals surface area contributed by atoms with Crippen molar-refractivity contribution in [3.05, 3.63) is 0 Å². The number of nitrogens with one attached hydrogen (secondary N) is 3. The predicted molar refractivity (Wildman–Crippen MR) is 96.0 cm³/mol. The van der Waals surface area contributed by atoms with Crippen molar-refractivity contribution in [1.82, 2.24) is 16.0 Å². The Morgan fingerprint density at radius 1 is 1.16 bits per heavy atom. The lowest BCUT2D eigenvalue weighted by Crippen LogP contribution is -2.54. The van der Waals surface area contributed by atoms with E-state index in [0.29, 0.717) is 18.6 Å². The fraction of sp³-hybridized carbons (Fsp3) is 0.733. The number of rotatable bonds is 12. The maximum atomic E-state index is 12.4. The van der Waals surface area contributed by atoms with Crippen LogP contribution in [0.1, 0.15) is 26.7 Å². The molecular weight excluding hydrogens is 348 g/mol. The van der Waals surface area contributed by atoms with Crippen LogP contribution in [-0.2, 0) is 19.2 Å². The van der Waals surface area contributed by atoms with Gasteiger partial charge in [0.15, 0.2) is 0 Å². The number of carboxylic acid groups (broad SMARTS) is 1. The smallest absolute Gasteiger partial charge is 0.326 e. The molecule has 3 amide bonds. The third-order valence-electron chi connectivity index (χ3n) is 3.67. The molecule has 3 unspecified atom stereocenters. The lowest BCUT2D eigenvalue weighted by Gasteiger charge is -2.24. The molecule has 6 N–H and O–H groups in total. The molecule has 0 aliphatic rings. The monoisotopic (exact) mass is 376 g/mol. The Morgan fingerprint density at radius 2 is 1.80 bits per heavy atom. The maximum Gasteiger partial charge on any atom is 0.326 e. The Balaban J connectivity index is 4.87. The van der Waals surface area contributed by atoms with Gasteiger partial charge in [0.2, 0.25) is 17.7 Å². The van der Waals surface area contributed by atoms with Crippen molar-refractivity contribution in [3.63, 3.8) is 0 Å². The Labute approximate surface area is 151 Å². The van der Waals surface area contributed by atoms with Gasteiger partial charge in [-0.05, 0) is 24.3 Å². The van der Waals surface area contributed by atoms with Gasteiger partial charge < -0.3 is 26.8 Å². The number of hydrogen-bond acceptors (Lipinski definition) is 6. The fourth-order valence-electron chi connectivity index (χ4n) is 1.94. The topological polar surface area (TPSA) is 151 Å². The van der Waals surface area contributed by atoms with Gasteiger partial charge in [-0.1, -0.05) is 20.3 Å². The van der Waals surface area contributed by atoms with E-state index in [-0.39, 0.29) is 19.0 Å². The van der Waals surface area contributed by atoms with E-state index >= 15 is 0 Å². The number of nitrogens with two attached hydrogens (primary N) is 1. The first kappa shape index (κ1) is 23.2. The van der Waals surface area contributed by atoms with E-state index in [0.717, 1.165) is 0 Å². The molecule has 10 heteroatoms. The third-order valence-corrected chi connectivity index (χ3v) is 4.31. The van der Waals surface area contributed by atoms with Crippen molar-refractivity contribution in [2.45, 2.75) is 38.8 Å². The number of hydrogen-bond donors (Lipinski definition) is 5. The van der Waals surface area contributed by atoms with Gasteiger partial charge in [-0.2, -0.15) is 11.8 Å². The average Bonchev–Trinajstić information content (AvgIpc) is 2.59.